The molecule has 0 aromatic carbocycles. The van der Waals surface area contributed by atoms with E-state index in [1.54, 1.807) is 5.57 Å². The van der Waals surface area contributed by atoms with Gasteiger partial charge in [-0.1, -0.05) is 63.9 Å². The minimum Gasteiger partial charge on any atom is -0.323 e. The molecule has 0 radical (unpaired) electrons. The Labute approximate surface area is 134 Å². The number of unbranched alkanes of at least 4 members (excludes halogenated alkanes) is 2. The average Bonchev–Trinajstić information content (AvgIpc) is 2.63. The topological polar surface area (TPSA) is 3.24 Å². The molecule has 0 fully saturated rings. The van der Waals surface area contributed by atoms with Crippen LogP contribution in [0.3, 0.4) is 0 Å². The van der Waals surface area contributed by atoms with Crippen molar-refractivity contribution in [2.75, 3.05) is 13.1 Å². The molecule has 1 nitrogen and oxygen atoms in total. The first-order valence-electron chi connectivity index (χ1n) is 8.85. The van der Waals surface area contributed by atoms with Gasteiger partial charge in [-0.15, -0.1) is 0 Å². The van der Waals surface area contributed by atoms with E-state index < -0.39 is 8.24 Å². The molecular formula is C19H37NSi. The van der Waals surface area contributed by atoms with E-state index in [-0.39, 0.29) is 0 Å². The van der Waals surface area contributed by atoms with Crippen LogP contribution in [0.5, 0.6) is 0 Å². The van der Waals surface area contributed by atoms with E-state index in [1.165, 1.54) is 49.9 Å². The van der Waals surface area contributed by atoms with E-state index in [4.69, 9.17) is 0 Å². The summed E-state index contributed by atoms with van der Waals surface area (Å²) < 4.78 is 2.88. The second kappa shape index (κ2) is 7.28. The highest BCUT2D eigenvalue weighted by molar-refractivity contribution is 6.79. The molecule has 0 aliphatic heterocycles. The van der Waals surface area contributed by atoms with Gasteiger partial charge >= 0.3 is 0 Å². The van der Waals surface area contributed by atoms with Gasteiger partial charge in [0.15, 0.2) is 0 Å². The van der Waals surface area contributed by atoms with Crippen LogP contribution in [0.4, 0.5) is 0 Å². The van der Waals surface area contributed by atoms with Crippen molar-refractivity contribution in [3.05, 3.63) is 22.8 Å². The Kier molecular flexibility index (Phi) is 6.48. The van der Waals surface area contributed by atoms with Gasteiger partial charge in [-0.25, -0.2) is 0 Å². The highest BCUT2D eigenvalue weighted by atomic mass is 28.3. The summed E-state index contributed by atoms with van der Waals surface area (Å²) >= 11 is 0. The molecule has 0 bridgehead atoms. The van der Waals surface area contributed by atoms with E-state index >= 15 is 0 Å². The Morgan fingerprint density at radius 1 is 1.00 bits per heavy atom. The van der Waals surface area contributed by atoms with E-state index in [1.807, 2.05) is 0 Å². The normalized spacial score (nSPS) is 23.2. The fourth-order valence-electron chi connectivity index (χ4n) is 3.67. The number of hydrogen-bond acceptors (Lipinski definition) is 1. The fraction of sp³-hybridized carbons (Fsp3) is 0.789. The molecule has 0 saturated carbocycles. The lowest BCUT2D eigenvalue weighted by Crippen LogP contribution is -2.56. The lowest BCUT2D eigenvalue weighted by molar-refractivity contribution is 0.388. The second-order valence-electron chi connectivity index (χ2n) is 7.53. The summed E-state index contributed by atoms with van der Waals surface area (Å²) in [6, 6.07) is 0. The third-order valence-electron chi connectivity index (χ3n) is 6.06. The summed E-state index contributed by atoms with van der Waals surface area (Å²) in [5, 5.41) is 0.294. The zero-order valence-corrected chi connectivity index (χ0v) is 16.8. The molecular weight excluding hydrogens is 270 g/mol. The summed E-state index contributed by atoms with van der Waals surface area (Å²) in [6.07, 6.45) is 7.84. The minimum absolute atomic E-state index is 0.294. The second-order valence-corrected chi connectivity index (χ2v) is 12.3. The van der Waals surface area contributed by atoms with Crippen molar-refractivity contribution < 1.29 is 0 Å². The number of rotatable bonds is 8. The zero-order chi connectivity index (χ0) is 16.3. The Morgan fingerprint density at radius 3 is 1.81 bits per heavy atom. The number of allylic oxidation sites excluding steroid dienone is 4. The maximum absolute atomic E-state index is 2.88. The maximum Gasteiger partial charge on any atom is 0.136 e. The Hall–Kier alpha value is -0.343. The van der Waals surface area contributed by atoms with Crippen LogP contribution in [0, 0.1) is 0 Å². The van der Waals surface area contributed by atoms with Gasteiger partial charge in [0, 0.05) is 5.04 Å². The van der Waals surface area contributed by atoms with E-state index in [0.29, 0.717) is 5.04 Å². The monoisotopic (exact) mass is 307 g/mol. The van der Waals surface area contributed by atoms with Gasteiger partial charge in [0.05, 0.1) is 0 Å². The van der Waals surface area contributed by atoms with Gasteiger partial charge in [-0.2, -0.15) is 0 Å². The quantitative estimate of drug-likeness (QED) is 0.486. The molecule has 0 saturated heterocycles. The first kappa shape index (κ1) is 18.7. The van der Waals surface area contributed by atoms with E-state index in [2.05, 4.69) is 65.3 Å². The third kappa shape index (κ3) is 3.53. The van der Waals surface area contributed by atoms with Crippen LogP contribution >= 0.6 is 0 Å². The minimum atomic E-state index is -1.55. The van der Waals surface area contributed by atoms with Crippen LogP contribution in [0.25, 0.3) is 0 Å². The maximum atomic E-state index is 2.88. The lowest BCUT2D eigenvalue weighted by Gasteiger charge is -2.48. The molecule has 1 aliphatic rings. The molecule has 0 aromatic heterocycles. The van der Waals surface area contributed by atoms with Gasteiger partial charge in [0.1, 0.15) is 8.24 Å². The van der Waals surface area contributed by atoms with E-state index in [9.17, 15) is 0 Å². The van der Waals surface area contributed by atoms with Crippen molar-refractivity contribution in [1.29, 1.82) is 0 Å². The summed E-state index contributed by atoms with van der Waals surface area (Å²) in [5.74, 6) is 0. The predicted molar refractivity (Wildman–Crippen MR) is 99.4 cm³/mol. The van der Waals surface area contributed by atoms with Gasteiger partial charge in [0.25, 0.3) is 0 Å². The van der Waals surface area contributed by atoms with Crippen molar-refractivity contribution in [2.24, 2.45) is 0 Å². The van der Waals surface area contributed by atoms with Crippen LogP contribution in [-0.2, 0) is 0 Å². The fourth-order valence-corrected chi connectivity index (χ4v) is 7.43. The summed E-state index contributed by atoms with van der Waals surface area (Å²) in [5.41, 5.74) is 4.65. The van der Waals surface area contributed by atoms with Crippen LogP contribution in [0.2, 0.25) is 18.1 Å². The van der Waals surface area contributed by atoms with Crippen molar-refractivity contribution in [3.8, 4) is 0 Å². The summed E-state index contributed by atoms with van der Waals surface area (Å²) in [4.78, 5) is 0. The first-order chi connectivity index (χ1) is 9.72. The molecule has 0 amide bonds. The summed E-state index contributed by atoms with van der Waals surface area (Å²) in [6.45, 7) is 21.8. The van der Waals surface area contributed by atoms with Crippen LogP contribution in [0.15, 0.2) is 22.8 Å². The van der Waals surface area contributed by atoms with Crippen LogP contribution < -0.4 is 0 Å². The molecule has 0 spiro atoms. The standard InChI is InChI=1S/C19H37NSi/c1-9-11-13-20(14-12-10-2)21(7,8)19(6)15-16(3)17(4)18(19)5/h15H,9-14H2,1-8H3. The molecule has 0 aromatic rings. The van der Waals surface area contributed by atoms with Gasteiger partial charge in [-0.05, 0) is 52.3 Å². The highest BCUT2D eigenvalue weighted by Crippen LogP contribution is 2.54. The number of hydrogen-bond donors (Lipinski definition) is 0. The highest BCUT2D eigenvalue weighted by Gasteiger charge is 2.49. The Bertz CT molecular complexity index is 411. The number of nitrogens with zero attached hydrogens (tertiary/aromatic N) is 1. The largest absolute Gasteiger partial charge is 0.323 e. The predicted octanol–water partition coefficient (Wildman–Crippen LogP) is 6.15. The molecule has 21 heavy (non-hydrogen) atoms. The Morgan fingerprint density at radius 2 is 1.48 bits per heavy atom. The average molecular weight is 308 g/mol. The molecule has 122 valence electrons. The first-order valence-corrected chi connectivity index (χ1v) is 11.8. The van der Waals surface area contributed by atoms with Crippen molar-refractivity contribution >= 4 is 8.24 Å². The SMILES string of the molecule is CCCCN(CCCC)[Si](C)(C)C1(C)C=C(C)C(C)=C1C. The lowest BCUT2D eigenvalue weighted by atomic mass is 10.0. The van der Waals surface area contributed by atoms with Crippen LogP contribution in [-0.4, -0.2) is 25.9 Å². The Balaban J connectivity index is 3.10. The van der Waals surface area contributed by atoms with Gasteiger partial charge < -0.3 is 4.57 Å². The molecule has 2 heteroatoms. The smallest absolute Gasteiger partial charge is 0.136 e. The molecule has 1 atom stereocenters. The summed E-state index contributed by atoms with van der Waals surface area (Å²) in [7, 11) is -1.55. The zero-order valence-electron chi connectivity index (χ0n) is 15.8. The third-order valence-corrected chi connectivity index (χ3v) is 11.2. The molecule has 0 N–H and O–H groups in total. The van der Waals surface area contributed by atoms with Crippen molar-refractivity contribution in [3.63, 3.8) is 0 Å². The van der Waals surface area contributed by atoms with Gasteiger partial charge in [-0.3, -0.25) is 0 Å². The van der Waals surface area contributed by atoms with Crippen molar-refractivity contribution in [1.82, 2.24) is 4.57 Å². The molecule has 1 unspecified atom stereocenters. The van der Waals surface area contributed by atoms with Gasteiger partial charge in [0.2, 0.25) is 0 Å². The van der Waals surface area contributed by atoms with E-state index in [0.717, 1.165) is 0 Å². The molecule has 1 rings (SSSR count). The van der Waals surface area contributed by atoms with Crippen LogP contribution in [0.1, 0.15) is 67.2 Å². The van der Waals surface area contributed by atoms with Crippen molar-refractivity contribution in [2.45, 2.75) is 85.4 Å². The molecule has 1 aliphatic carbocycles. The molecule has 0 heterocycles.